The fraction of sp³-hybridized carbons (Fsp3) is 0.235. The number of benzene rings is 1. The summed E-state index contributed by atoms with van der Waals surface area (Å²) in [5.74, 6) is -0.112. The van der Waals surface area contributed by atoms with E-state index < -0.39 is 19.1 Å². The van der Waals surface area contributed by atoms with Crippen LogP contribution in [0.5, 0.6) is 5.75 Å². The van der Waals surface area contributed by atoms with Crippen LogP contribution in [0.15, 0.2) is 30.6 Å². The van der Waals surface area contributed by atoms with Crippen molar-refractivity contribution < 1.29 is 13.6 Å². The van der Waals surface area contributed by atoms with E-state index in [1.807, 2.05) is 6.07 Å². The number of Topliss-reactive ketones (excluding diaryl/α,β-unsaturated/α-hetero) is 1. The van der Waals surface area contributed by atoms with Gasteiger partial charge in [0.15, 0.2) is 11.5 Å². The van der Waals surface area contributed by atoms with Crippen molar-refractivity contribution in [2.24, 2.45) is 7.05 Å². The molecule has 0 saturated heterocycles. The number of hydrogen-bond donors (Lipinski definition) is 1. The molecule has 2 heterocycles. The molecule has 3 aromatic rings. The second-order valence-electron chi connectivity index (χ2n) is 5.23. The van der Waals surface area contributed by atoms with Crippen LogP contribution in [0.1, 0.15) is 27.7 Å². The number of nitrogens with zero attached hydrogens (tertiary/aromatic N) is 5. The molecule has 0 atom stereocenters. The lowest BCUT2D eigenvalue weighted by Gasteiger charge is -2.15. The van der Waals surface area contributed by atoms with Crippen molar-refractivity contribution in [3.63, 3.8) is 0 Å². The summed E-state index contributed by atoms with van der Waals surface area (Å²) >= 11 is 5.89. The number of rotatable bonds is 6. The van der Waals surface area contributed by atoms with Gasteiger partial charge < -0.3 is 10.1 Å². The molecule has 8 nitrogen and oxygen atoms in total. The Bertz CT molecular complexity index is 1050. The van der Waals surface area contributed by atoms with Crippen molar-refractivity contribution in [3.05, 3.63) is 41.4 Å². The molecule has 0 radical (unpaired) electrons. The maximum absolute atomic E-state index is 12.5. The Balaban J connectivity index is 2.02. The van der Waals surface area contributed by atoms with Crippen molar-refractivity contribution in [2.75, 3.05) is 12.4 Å². The summed E-state index contributed by atoms with van der Waals surface area (Å²) in [7, 11) is 3.19. The number of aromatic nitrogens is 5. The van der Waals surface area contributed by atoms with E-state index in [9.17, 15) is 4.79 Å². The smallest absolute Gasteiger partial charge is 0.224 e. The van der Waals surface area contributed by atoms with Gasteiger partial charge in [0.05, 0.1) is 24.6 Å². The number of anilines is 2. The lowest BCUT2D eigenvalue weighted by molar-refractivity contribution is 0.0988. The molecule has 0 bridgehead atoms. The highest BCUT2D eigenvalue weighted by molar-refractivity contribution is 6.28. The number of aryl methyl sites for hydroxylation is 1. The van der Waals surface area contributed by atoms with E-state index >= 15 is 0 Å². The normalized spacial score (nSPS) is 12.8. The van der Waals surface area contributed by atoms with Gasteiger partial charge in [-0.3, -0.25) is 4.79 Å². The molecule has 0 aliphatic carbocycles. The van der Waals surface area contributed by atoms with Crippen LogP contribution in [0.2, 0.25) is 5.28 Å². The number of methoxy groups -OCH3 is 1. The van der Waals surface area contributed by atoms with E-state index in [0.29, 0.717) is 22.7 Å². The van der Waals surface area contributed by atoms with Gasteiger partial charge in [-0.15, -0.1) is 0 Å². The first-order chi connectivity index (χ1) is 13.7. The Morgan fingerprint density at radius 3 is 2.96 bits per heavy atom. The molecule has 0 saturated carbocycles. The molecule has 9 heteroatoms. The molecule has 0 unspecified atom stereocenters. The predicted molar refractivity (Wildman–Crippen MR) is 97.9 cm³/mol. The maximum Gasteiger partial charge on any atom is 0.224 e. The van der Waals surface area contributed by atoms with Gasteiger partial charge in [-0.1, -0.05) is 12.9 Å². The SMILES string of the molecule is [2H]C([2H])([2H])CC(=O)c1cnc(Cl)nc1Nc1cccc(-c2cnn(C)n2)c1OC. The van der Waals surface area contributed by atoms with Crippen LogP contribution in [0.25, 0.3) is 11.3 Å². The molecule has 0 fully saturated rings. The summed E-state index contributed by atoms with van der Waals surface area (Å²) in [5.41, 5.74) is 1.75. The highest BCUT2D eigenvalue weighted by Crippen LogP contribution is 2.37. The molecule has 1 N–H and O–H groups in total. The topological polar surface area (TPSA) is 94.8 Å². The largest absolute Gasteiger partial charge is 0.494 e. The summed E-state index contributed by atoms with van der Waals surface area (Å²) in [6.45, 7) is -2.42. The van der Waals surface area contributed by atoms with E-state index in [4.69, 9.17) is 20.5 Å². The first-order valence-corrected chi connectivity index (χ1v) is 7.92. The zero-order valence-electron chi connectivity index (χ0n) is 17.0. The Kier molecular flexibility index (Phi) is 4.09. The average molecular weight is 376 g/mol. The van der Waals surface area contributed by atoms with Crippen LogP contribution < -0.4 is 10.1 Å². The van der Waals surface area contributed by atoms with Crippen molar-refractivity contribution in [1.82, 2.24) is 25.0 Å². The lowest BCUT2D eigenvalue weighted by Crippen LogP contribution is -2.07. The lowest BCUT2D eigenvalue weighted by atomic mass is 10.1. The molecule has 0 aliphatic heterocycles. The van der Waals surface area contributed by atoms with Crippen LogP contribution in [-0.4, -0.2) is 37.9 Å². The number of carbonyl (C=O) groups excluding carboxylic acids is 1. The van der Waals surface area contributed by atoms with Gasteiger partial charge in [0.1, 0.15) is 11.5 Å². The van der Waals surface area contributed by atoms with Gasteiger partial charge in [-0.05, 0) is 23.7 Å². The standard InChI is InChI=1S/C17H17ClN6O2/c1-4-14(25)11-8-19-17(18)22-16(11)21-12-7-5-6-10(15(12)26-3)13-9-20-24(2)23-13/h5-9H,4H2,1-3H3,(H,19,21,22)/i1D3. The molecule has 0 amide bonds. The van der Waals surface area contributed by atoms with E-state index in [-0.39, 0.29) is 16.7 Å². The molecule has 3 rings (SSSR count). The highest BCUT2D eigenvalue weighted by atomic mass is 35.5. The third kappa shape index (κ3) is 3.50. The summed E-state index contributed by atoms with van der Waals surface area (Å²) < 4.78 is 27.5. The molecular formula is C17H17ClN6O2. The summed E-state index contributed by atoms with van der Waals surface area (Å²) in [6, 6.07) is 5.29. The number of nitrogens with one attached hydrogen (secondary N) is 1. The fourth-order valence-corrected chi connectivity index (χ4v) is 2.54. The van der Waals surface area contributed by atoms with Gasteiger partial charge in [0, 0.05) is 29.3 Å². The number of hydrogen-bond acceptors (Lipinski definition) is 7. The van der Waals surface area contributed by atoms with Crippen LogP contribution in [0.4, 0.5) is 11.5 Å². The number of para-hydroxylation sites is 1. The Labute approximate surface area is 159 Å². The van der Waals surface area contributed by atoms with Crippen LogP contribution >= 0.6 is 11.6 Å². The Hall–Kier alpha value is -3.00. The van der Waals surface area contributed by atoms with E-state index in [0.717, 1.165) is 0 Å². The molecule has 1 aromatic carbocycles. The minimum atomic E-state index is -2.42. The van der Waals surface area contributed by atoms with Crippen molar-refractivity contribution >= 4 is 28.9 Å². The van der Waals surface area contributed by atoms with Crippen molar-refractivity contribution in [2.45, 2.75) is 13.3 Å². The van der Waals surface area contributed by atoms with Crippen molar-refractivity contribution in [3.8, 4) is 17.0 Å². The van der Waals surface area contributed by atoms with Crippen molar-refractivity contribution in [1.29, 1.82) is 0 Å². The molecule has 0 aliphatic rings. The third-order valence-corrected chi connectivity index (χ3v) is 3.75. The van der Waals surface area contributed by atoms with E-state index in [1.54, 1.807) is 25.4 Å². The van der Waals surface area contributed by atoms with Gasteiger partial charge >= 0.3 is 0 Å². The highest BCUT2D eigenvalue weighted by Gasteiger charge is 2.17. The summed E-state index contributed by atoms with van der Waals surface area (Å²) in [6.07, 6.45) is 2.14. The number of carbonyl (C=O) groups is 1. The van der Waals surface area contributed by atoms with Crippen LogP contribution in [0.3, 0.4) is 0 Å². The number of halogens is 1. The fourth-order valence-electron chi connectivity index (χ4n) is 2.41. The average Bonchev–Trinajstić information content (AvgIpc) is 3.06. The van der Waals surface area contributed by atoms with Gasteiger partial charge in [0.2, 0.25) is 5.28 Å². The first-order valence-electron chi connectivity index (χ1n) is 9.04. The maximum atomic E-state index is 12.5. The van der Waals surface area contributed by atoms with Gasteiger partial charge in [0.25, 0.3) is 0 Å². The first kappa shape index (κ1) is 14.2. The zero-order valence-corrected chi connectivity index (χ0v) is 14.8. The second kappa shape index (κ2) is 7.49. The second-order valence-corrected chi connectivity index (χ2v) is 5.57. The zero-order chi connectivity index (χ0) is 21.2. The number of ketones is 1. The predicted octanol–water partition coefficient (Wildman–Crippen LogP) is 3.27. The quantitative estimate of drug-likeness (QED) is 0.521. The van der Waals surface area contributed by atoms with Crippen LogP contribution in [0, 0.1) is 0 Å². The summed E-state index contributed by atoms with van der Waals surface area (Å²) in [4.78, 5) is 21.7. The van der Waals surface area contributed by atoms with E-state index in [1.165, 1.54) is 18.1 Å². The summed E-state index contributed by atoms with van der Waals surface area (Å²) in [5, 5.41) is 11.2. The van der Waals surface area contributed by atoms with E-state index in [2.05, 4.69) is 25.5 Å². The molecule has 26 heavy (non-hydrogen) atoms. The Morgan fingerprint density at radius 2 is 2.27 bits per heavy atom. The minimum absolute atomic E-state index is 0.0116. The monoisotopic (exact) mass is 375 g/mol. The Morgan fingerprint density at radius 1 is 1.42 bits per heavy atom. The van der Waals surface area contributed by atoms with Gasteiger partial charge in [-0.25, -0.2) is 4.98 Å². The van der Waals surface area contributed by atoms with Gasteiger partial charge in [-0.2, -0.15) is 20.0 Å². The minimum Gasteiger partial charge on any atom is -0.494 e. The number of ether oxygens (including phenoxy) is 1. The molecule has 134 valence electrons. The molecular weight excluding hydrogens is 356 g/mol. The third-order valence-electron chi connectivity index (χ3n) is 3.57. The van der Waals surface area contributed by atoms with Crippen LogP contribution in [-0.2, 0) is 7.05 Å². The molecule has 0 spiro atoms. The molecule has 2 aromatic heterocycles.